The zero-order valence-corrected chi connectivity index (χ0v) is 17.4. The number of hydrogen-bond acceptors (Lipinski definition) is 6. The van der Waals surface area contributed by atoms with Gasteiger partial charge in [-0.25, -0.2) is 4.68 Å². The Bertz CT molecular complexity index is 735. The molecule has 9 heteroatoms. The van der Waals surface area contributed by atoms with Gasteiger partial charge in [-0.2, -0.15) is 0 Å². The van der Waals surface area contributed by atoms with E-state index in [1.54, 1.807) is 6.07 Å². The Balaban J connectivity index is 1.89. The number of anilines is 1. The van der Waals surface area contributed by atoms with Crippen LogP contribution < -0.4 is 5.32 Å². The lowest BCUT2D eigenvalue weighted by molar-refractivity contribution is 0.147. The molecule has 0 unspecified atom stereocenters. The molecular formula is C16H22Cl2N4OS2. The van der Waals surface area contributed by atoms with E-state index in [-0.39, 0.29) is 0 Å². The number of hydrogen-bond donors (Lipinski definition) is 1. The van der Waals surface area contributed by atoms with Gasteiger partial charge >= 0.3 is 0 Å². The standard InChI is InChI=1S/C16H22Cl2N4OS2/c1-3-23-9-5-8-19-15-20-22(16(24)25-15)11-21(2)10-12-6-4-7-13(17)14(12)18/h4,6-7H,3,5,8-11H2,1-2H3,(H,19,20). The highest BCUT2D eigenvalue weighted by molar-refractivity contribution is 7.73. The number of halogens is 2. The summed E-state index contributed by atoms with van der Waals surface area (Å²) in [6.07, 6.45) is 0.938. The van der Waals surface area contributed by atoms with Crippen molar-refractivity contribution in [2.45, 2.75) is 26.6 Å². The molecule has 0 aliphatic carbocycles. The fourth-order valence-electron chi connectivity index (χ4n) is 2.22. The molecule has 0 amide bonds. The van der Waals surface area contributed by atoms with Crippen LogP contribution in [0.4, 0.5) is 5.13 Å². The summed E-state index contributed by atoms with van der Waals surface area (Å²) in [6.45, 7) is 5.55. The Labute approximate surface area is 167 Å². The van der Waals surface area contributed by atoms with Crippen LogP contribution in [0.1, 0.15) is 18.9 Å². The molecule has 2 rings (SSSR count). The van der Waals surface area contributed by atoms with Gasteiger partial charge in [0.15, 0.2) is 3.95 Å². The van der Waals surface area contributed by atoms with E-state index < -0.39 is 0 Å². The first-order chi connectivity index (χ1) is 12.0. The summed E-state index contributed by atoms with van der Waals surface area (Å²) in [7, 11) is 1.99. The van der Waals surface area contributed by atoms with Gasteiger partial charge < -0.3 is 10.1 Å². The molecule has 0 fully saturated rings. The molecule has 138 valence electrons. The summed E-state index contributed by atoms with van der Waals surface area (Å²) >= 11 is 19.2. The predicted molar refractivity (Wildman–Crippen MR) is 108 cm³/mol. The van der Waals surface area contributed by atoms with Gasteiger partial charge in [0.25, 0.3) is 0 Å². The van der Waals surface area contributed by atoms with Crippen molar-refractivity contribution in [3.63, 3.8) is 0 Å². The van der Waals surface area contributed by atoms with Crippen molar-refractivity contribution in [2.75, 3.05) is 32.1 Å². The molecule has 25 heavy (non-hydrogen) atoms. The maximum absolute atomic E-state index is 6.25. The lowest BCUT2D eigenvalue weighted by Gasteiger charge is -2.17. The largest absolute Gasteiger partial charge is 0.382 e. The van der Waals surface area contributed by atoms with E-state index >= 15 is 0 Å². The number of nitrogens with zero attached hydrogens (tertiary/aromatic N) is 3. The first-order valence-electron chi connectivity index (χ1n) is 8.02. The van der Waals surface area contributed by atoms with Crippen LogP contribution in [0.25, 0.3) is 0 Å². The average Bonchev–Trinajstić information content (AvgIpc) is 2.91. The van der Waals surface area contributed by atoms with E-state index in [4.69, 9.17) is 40.2 Å². The third kappa shape index (κ3) is 6.51. The van der Waals surface area contributed by atoms with Crippen LogP contribution in [0.3, 0.4) is 0 Å². The topological polar surface area (TPSA) is 42.3 Å². The Morgan fingerprint density at radius 3 is 2.96 bits per heavy atom. The maximum Gasteiger partial charge on any atom is 0.204 e. The van der Waals surface area contributed by atoms with Crippen molar-refractivity contribution in [2.24, 2.45) is 0 Å². The molecule has 0 bridgehead atoms. The minimum atomic E-state index is 0.566. The normalized spacial score (nSPS) is 11.2. The van der Waals surface area contributed by atoms with Gasteiger partial charge in [-0.15, -0.1) is 5.10 Å². The third-order valence-corrected chi connectivity index (χ3v) is 5.52. The number of aromatic nitrogens is 2. The van der Waals surface area contributed by atoms with Gasteiger partial charge in [0, 0.05) is 26.3 Å². The molecule has 0 radical (unpaired) electrons. The minimum Gasteiger partial charge on any atom is -0.382 e. The van der Waals surface area contributed by atoms with Gasteiger partial charge in [0.2, 0.25) is 5.13 Å². The van der Waals surface area contributed by atoms with Gasteiger partial charge in [-0.05, 0) is 44.2 Å². The molecular weight excluding hydrogens is 399 g/mol. The van der Waals surface area contributed by atoms with Crippen LogP contribution in [0.15, 0.2) is 18.2 Å². The highest BCUT2D eigenvalue weighted by atomic mass is 35.5. The summed E-state index contributed by atoms with van der Waals surface area (Å²) in [5.74, 6) is 0. The van der Waals surface area contributed by atoms with E-state index in [0.29, 0.717) is 23.3 Å². The lowest BCUT2D eigenvalue weighted by atomic mass is 10.2. The van der Waals surface area contributed by atoms with Gasteiger partial charge in [0.05, 0.1) is 16.7 Å². The van der Waals surface area contributed by atoms with E-state index in [2.05, 4.69) is 15.3 Å². The molecule has 1 aromatic heterocycles. The molecule has 2 aromatic rings. The molecule has 0 spiro atoms. The molecule has 0 aliphatic rings. The van der Waals surface area contributed by atoms with Crippen molar-refractivity contribution in [3.05, 3.63) is 37.8 Å². The molecule has 1 heterocycles. The Kier molecular flexibility index (Phi) is 8.61. The van der Waals surface area contributed by atoms with Crippen LogP contribution >= 0.6 is 46.8 Å². The van der Waals surface area contributed by atoms with Crippen LogP contribution in [0, 0.1) is 3.95 Å². The molecule has 0 aliphatic heterocycles. The first kappa shape index (κ1) is 20.6. The molecule has 0 saturated heterocycles. The number of rotatable bonds is 10. The van der Waals surface area contributed by atoms with E-state index in [1.165, 1.54) is 11.3 Å². The lowest BCUT2D eigenvalue weighted by Crippen LogP contribution is -2.22. The second-order valence-corrected chi connectivity index (χ2v) is 7.93. The van der Waals surface area contributed by atoms with Gasteiger partial charge in [-0.3, -0.25) is 4.90 Å². The van der Waals surface area contributed by atoms with E-state index in [1.807, 2.05) is 30.8 Å². The van der Waals surface area contributed by atoms with Crippen molar-refractivity contribution in [3.8, 4) is 0 Å². The molecule has 1 N–H and O–H groups in total. The van der Waals surface area contributed by atoms with Crippen molar-refractivity contribution < 1.29 is 4.74 Å². The van der Waals surface area contributed by atoms with Crippen molar-refractivity contribution in [1.82, 2.24) is 14.7 Å². The Morgan fingerprint density at radius 2 is 2.20 bits per heavy atom. The second kappa shape index (κ2) is 10.4. The fraction of sp³-hybridized carbons (Fsp3) is 0.500. The summed E-state index contributed by atoms with van der Waals surface area (Å²) in [4.78, 5) is 2.09. The van der Waals surface area contributed by atoms with Crippen LogP contribution in [-0.4, -0.2) is 41.5 Å². The zero-order chi connectivity index (χ0) is 18.2. The molecule has 5 nitrogen and oxygen atoms in total. The van der Waals surface area contributed by atoms with E-state index in [0.717, 1.165) is 40.8 Å². The molecule has 0 atom stereocenters. The summed E-state index contributed by atoms with van der Waals surface area (Å²) in [6, 6.07) is 5.65. The average molecular weight is 421 g/mol. The van der Waals surface area contributed by atoms with Crippen LogP contribution in [0.2, 0.25) is 10.0 Å². The summed E-state index contributed by atoms with van der Waals surface area (Å²) < 4.78 is 7.86. The van der Waals surface area contributed by atoms with Crippen molar-refractivity contribution >= 4 is 51.9 Å². The van der Waals surface area contributed by atoms with Gasteiger partial charge in [0.1, 0.15) is 0 Å². The number of nitrogens with one attached hydrogen (secondary N) is 1. The van der Waals surface area contributed by atoms with E-state index in [9.17, 15) is 0 Å². The maximum atomic E-state index is 6.25. The minimum absolute atomic E-state index is 0.566. The Hall–Kier alpha value is -0.700. The highest BCUT2D eigenvalue weighted by Crippen LogP contribution is 2.26. The SMILES string of the molecule is CCOCCCNc1nn(CN(C)Cc2cccc(Cl)c2Cl)c(=S)s1. The van der Waals surface area contributed by atoms with Crippen LogP contribution in [0.5, 0.6) is 0 Å². The second-order valence-electron chi connectivity index (χ2n) is 5.52. The summed E-state index contributed by atoms with van der Waals surface area (Å²) in [5.41, 5.74) is 0.979. The summed E-state index contributed by atoms with van der Waals surface area (Å²) in [5, 5.41) is 9.80. The Morgan fingerprint density at radius 1 is 1.40 bits per heavy atom. The highest BCUT2D eigenvalue weighted by Gasteiger charge is 2.10. The van der Waals surface area contributed by atoms with Crippen molar-refractivity contribution in [1.29, 1.82) is 0 Å². The fourth-order valence-corrected chi connectivity index (χ4v) is 3.62. The quantitative estimate of drug-likeness (QED) is 0.436. The third-order valence-electron chi connectivity index (χ3n) is 3.40. The van der Waals surface area contributed by atoms with Gasteiger partial charge in [-0.1, -0.05) is 46.7 Å². The number of benzene rings is 1. The first-order valence-corrected chi connectivity index (χ1v) is 10.00. The monoisotopic (exact) mass is 420 g/mol. The molecule has 1 aromatic carbocycles. The van der Waals surface area contributed by atoms with Crippen LogP contribution in [-0.2, 0) is 18.0 Å². The molecule has 0 saturated carbocycles. The zero-order valence-electron chi connectivity index (χ0n) is 14.3. The smallest absolute Gasteiger partial charge is 0.204 e. The predicted octanol–water partition coefficient (Wildman–Crippen LogP) is 4.91. The number of ether oxygens (including phenoxy) is 1.